The number of rotatable bonds is 4. The second kappa shape index (κ2) is 6.84. The van der Waals surface area contributed by atoms with E-state index >= 15 is 0 Å². The predicted octanol–water partition coefficient (Wildman–Crippen LogP) is 2.60. The molecule has 6 nitrogen and oxygen atoms in total. The average Bonchev–Trinajstić information content (AvgIpc) is 3.45. The number of amides is 1. The quantitative estimate of drug-likeness (QED) is 0.866. The first kappa shape index (κ1) is 17.8. The van der Waals surface area contributed by atoms with E-state index < -0.39 is 21.8 Å². The SMILES string of the molecule is O=C(NS(=O)(=O)c1ccc2c(c1)OCCCO2)[C@H]1C[C@H]1c1ccccc1F. The van der Waals surface area contributed by atoms with Crippen molar-refractivity contribution in [2.45, 2.75) is 23.7 Å². The van der Waals surface area contributed by atoms with Gasteiger partial charge >= 0.3 is 0 Å². The van der Waals surface area contributed by atoms with Gasteiger partial charge < -0.3 is 9.47 Å². The van der Waals surface area contributed by atoms with Crippen LogP contribution in [0.25, 0.3) is 0 Å². The van der Waals surface area contributed by atoms with Gasteiger partial charge in [0.15, 0.2) is 11.5 Å². The molecule has 2 atom stereocenters. The van der Waals surface area contributed by atoms with Crippen LogP contribution in [0.4, 0.5) is 4.39 Å². The molecule has 0 bridgehead atoms. The van der Waals surface area contributed by atoms with E-state index in [0.717, 1.165) is 0 Å². The first-order chi connectivity index (χ1) is 13.0. The summed E-state index contributed by atoms with van der Waals surface area (Å²) in [4.78, 5) is 12.3. The Morgan fingerprint density at radius 1 is 1.07 bits per heavy atom. The van der Waals surface area contributed by atoms with Crippen LogP contribution in [-0.4, -0.2) is 27.5 Å². The fourth-order valence-electron chi connectivity index (χ4n) is 3.18. The summed E-state index contributed by atoms with van der Waals surface area (Å²) in [5.74, 6) is -1.07. The lowest BCUT2D eigenvalue weighted by Crippen LogP contribution is -2.32. The lowest BCUT2D eigenvalue weighted by atomic mass is 10.1. The molecule has 1 saturated carbocycles. The maximum Gasteiger partial charge on any atom is 0.264 e. The van der Waals surface area contributed by atoms with Crippen LogP contribution < -0.4 is 14.2 Å². The topological polar surface area (TPSA) is 81.7 Å². The molecule has 0 unspecified atom stereocenters. The lowest BCUT2D eigenvalue weighted by molar-refractivity contribution is -0.120. The number of ether oxygens (including phenoxy) is 2. The van der Waals surface area contributed by atoms with Crippen molar-refractivity contribution in [3.05, 3.63) is 53.8 Å². The summed E-state index contributed by atoms with van der Waals surface area (Å²) >= 11 is 0. The van der Waals surface area contributed by atoms with Crippen LogP contribution in [0, 0.1) is 11.7 Å². The second-order valence-electron chi connectivity index (χ2n) is 6.60. The molecule has 2 aromatic carbocycles. The van der Waals surface area contributed by atoms with E-state index in [1.807, 2.05) is 0 Å². The maximum absolute atomic E-state index is 13.8. The Balaban J connectivity index is 1.48. The highest BCUT2D eigenvalue weighted by atomic mass is 32.2. The molecule has 142 valence electrons. The molecule has 2 aromatic rings. The molecule has 1 aliphatic heterocycles. The summed E-state index contributed by atoms with van der Waals surface area (Å²) in [7, 11) is -4.05. The second-order valence-corrected chi connectivity index (χ2v) is 8.28. The van der Waals surface area contributed by atoms with E-state index in [0.29, 0.717) is 43.1 Å². The molecular formula is C19H18FNO5S. The van der Waals surface area contributed by atoms with Gasteiger partial charge in [-0.05, 0) is 36.1 Å². The fourth-order valence-corrected chi connectivity index (χ4v) is 4.23. The van der Waals surface area contributed by atoms with Crippen molar-refractivity contribution in [3.8, 4) is 11.5 Å². The van der Waals surface area contributed by atoms with Crippen molar-refractivity contribution in [3.63, 3.8) is 0 Å². The van der Waals surface area contributed by atoms with Crippen molar-refractivity contribution in [2.24, 2.45) is 5.92 Å². The molecule has 27 heavy (non-hydrogen) atoms. The Bertz CT molecular complexity index is 991. The molecule has 0 aromatic heterocycles. The third-order valence-electron chi connectivity index (χ3n) is 4.70. The predicted molar refractivity (Wildman–Crippen MR) is 94.6 cm³/mol. The van der Waals surface area contributed by atoms with Gasteiger partial charge in [0.2, 0.25) is 5.91 Å². The number of fused-ring (bicyclic) bond motifs is 1. The molecule has 8 heteroatoms. The smallest absolute Gasteiger partial charge is 0.264 e. The van der Waals surface area contributed by atoms with Crippen molar-refractivity contribution in [1.82, 2.24) is 4.72 Å². The minimum absolute atomic E-state index is 0.0804. The highest BCUT2D eigenvalue weighted by Crippen LogP contribution is 2.48. The van der Waals surface area contributed by atoms with Gasteiger partial charge in [-0.1, -0.05) is 18.2 Å². The summed E-state index contributed by atoms with van der Waals surface area (Å²) in [6.45, 7) is 0.921. The summed E-state index contributed by atoms with van der Waals surface area (Å²) in [5, 5.41) is 0. The molecular weight excluding hydrogens is 373 g/mol. The van der Waals surface area contributed by atoms with Crippen LogP contribution in [0.15, 0.2) is 47.4 Å². The molecule has 0 radical (unpaired) electrons. The van der Waals surface area contributed by atoms with Crippen molar-refractivity contribution < 1.29 is 27.1 Å². The van der Waals surface area contributed by atoms with E-state index in [1.54, 1.807) is 18.2 Å². The van der Waals surface area contributed by atoms with Crippen LogP contribution in [0.5, 0.6) is 11.5 Å². The number of hydrogen-bond donors (Lipinski definition) is 1. The van der Waals surface area contributed by atoms with Crippen LogP contribution in [0.3, 0.4) is 0 Å². The Hall–Kier alpha value is -2.61. The number of sulfonamides is 1. The van der Waals surface area contributed by atoms with E-state index in [4.69, 9.17) is 9.47 Å². The first-order valence-electron chi connectivity index (χ1n) is 8.66. The van der Waals surface area contributed by atoms with E-state index in [2.05, 4.69) is 4.72 Å². The van der Waals surface area contributed by atoms with Crippen LogP contribution in [0.1, 0.15) is 24.3 Å². The largest absolute Gasteiger partial charge is 0.490 e. The fraction of sp³-hybridized carbons (Fsp3) is 0.316. The van der Waals surface area contributed by atoms with Crippen LogP contribution in [0.2, 0.25) is 0 Å². The van der Waals surface area contributed by atoms with Gasteiger partial charge in [0.05, 0.1) is 18.1 Å². The van der Waals surface area contributed by atoms with Crippen LogP contribution in [-0.2, 0) is 14.8 Å². The summed E-state index contributed by atoms with van der Waals surface area (Å²) in [6, 6.07) is 10.4. The van der Waals surface area contributed by atoms with Crippen molar-refractivity contribution >= 4 is 15.9 Å². The Morgan fingerprint density at radius 3 is 2.59 bits per heavy atom. The van der Waals surface area contributed by atoms with E-state index in [1.165, 1.54) is 24.3 Å². The maximum atomic E-state index is 13.8. The lowest BCUT2D eigenvalue weighted by Gasteiger charge is -2.11. The molecule has 1 heterocycles. The Kier molecular flexibility index (Phi) is 4.51. The normalized spacial score (nSPS) is 21.2. The van der Waals surface area contributed by atoms with Gasteiger partial charge in [0.25, 0.3) is 10.0 Å². The Labute approximate surface area is 156 Å². The first-order valence-corrected chi connectivity index (χ1v) is 10.1. The summed E-state index contributed by atoms with van der Waals surface area (Å²) in [5.41, 5.74) is 0.436. The molecule has 0 spiro atoms. The summed E-state index contributed by atoms with van der Waals surface area (Å²) in [6.07, 6.45) is 1.12. The zero-order valence-corrected chi connectivity index (χ0v) is 15.2. The van der Waals surface area contributed by atoms with Gasteiger partial charge in [0, 0.05) is 18.4 Å². The number of hydrogen-bond acceptors (Lipinski definition) is 5. The number of halogens is 1. The number of carbonyl (C=O) groups is 1. The molecule has 4 rings (SSSR count). The van der Waals surface area contributed by atoms with Gasteiger partial charge in [-0.25, -0.2) is 17.5 Å². The Morgan fingerprint density at radius 2 is 1.81 bits per heavy atom. The molecule has 1 N–H and O–H groups in total. The van der Waals surface area contributed by atoms with Gasteiger partial charge in [0.1, 0.15) is 5.82 Å². The third kappa shape index (κ3) is 3.62. The number of carbonyl (C=O) groups excluding carboxylic acids is 1. The minimum Gasteiger partial charge on any atom is -0.490 e. The van der Waals surface area contributed by atoms with Gasteiger partial charge in [-0.3, -0.25) is 4.79 Å². The molecule has 0 saturated heterocycles. The zero-order valence-electron chi connectivity index (χ0n) is 14.4. The van der Waals surface area contributed by atoms with Gasteiger partial charge in [-0.2, -0.15) is 0 Å². The standard InChI is InChI=1S/C19H18FNO5S/c20-16-5-2-1-4-13(16)14-11-15(14)19(22)21-27(23,24)12-6-7-17-18(10-12)26-9-3-8-25-17/h1-2,4-7,10,14-15H,3,8-9,11H2,(H,21,22)/t14-,15-/m0/s1. The third-order valence-corrected chi connectivity index (χ3v) is 6.04. The molecule has 1 amide bonds. The van der Waals surface area contributed by atoms with E-state index in [9.17, 15) is 17.6 Å². The number of nitrogens with one attached hydrogen (secondary N) is 1. The number of benzene rings is 2. The highest BCUT2D eigenvalue weighted by molar-refractivity contribution is 7.90. The van der Waals surface area contributed by atoms with Crippen molar-refractivity contribution in [1.29, 1.82) is 0 Å². The molecule has 1 aliphatic carbocycles. The van der Waals surface area contributed by atoms with Crippen LogP contribution >= 0.6 is 0 Å². The molecule has 1 fully saturated rings. The highest BCUT2D eigenvalue weighted by Gasteiger charge is 2.46. The minimum atomic E-state index is -4.05. The van der Waals surface area contributed by atoms with E-state index in [-0.39, 0.29) is 16.6 Å². The van der Waals surface area contributed by atoms with Crippen molar-refractivity contribution in [2.75, 3.05) is 13.2 Å². The van der Waals surface area contributed by atoms with Gasteiger partial charge in [-0.15, -0.1) is 0 Å². The monoisotopic (exact) mass is 391 g/mol. The zero-order chi connectivity index (χ0) is 19.0. The average molecular weight is 391 g/mol. The summed E-state index contributed by atoms with van der Waals surface area (Å²) < 4.78 is 52.0. The molecule has 2 aliphatic rings.